The van der Waals surface area contributed by atoms with Crippen molar-refractivity contribution >= 4 is 21.4 Å². The molecule has 3 heteroatoms. The minimum Gasteiger partial charge on any atom is -0.206 e. The van der Waals surface area contributed by atoms with Crippen LogP contribution in [0.25, 0.3) is 10.1 Å². The molecule has 1 aromatic carbocycles. The largest absolute Gasteiger partial charge is 0.206 e. The van der Waals surface area contributed by atoms with E-state index in [0.717, 1.165) is 4.70 Å². The van der Waals surface area contributed by atoms with E-state index in [1.54, 1.807) is 12.1 Å². The van der Waals surface area contributed by atoms with Crippen LogP contribution in [0.1, 0.15) is 5.56 Å². The number of halogens is 1. The molecule has 0 spiro atoms. The van der Waals surface area contributed by atoms with Crippen molar-refractivity contribution in [3.63, 3.8) is 0 Å². The third kappa shape index (κ3) is 0.973. The lowest BCUT2D eigenvalue weighted by molar-refractivity contribution is 0.639. The molecule has 1 aromatic heterocycles. The van der Waals surface area contributed by atoms with E-state index in [-0.39, 0.29) is 5.82 Å². The van der Waals surface area contributed by atoms with Crippen molar-refractivity contribution in [1.82, 2.24) is 0 Å². The van der Waals surface area contributed by atoms with Crippen LogP contribution < -0.4 is 0 Å². The fraction of sp³-hybridized carbons (Fsp3) is 0. The molecule has 12 heavy (non-hydrogen) atoms. The number of thiophene rings is 1. The van der Waals surface area contributed by atoms with E-state index in [2.05, 4.69) is 0 Å². The molecule has 0 unspecified atom stereocenters. The fourth-order valence-corrected chi connectivity index (χ4v) is 1.93. The lowest BCUT2D eigenvalue weighted by Gasteiger charge is -1.92. The summed E-state index contributed by atoms with van der Waals surface area (Å²) in [5.74, 6) is -0.315. The van der Waals surface area contributed by atoms with Gasteiger partial charge in [0.25, 0.3) is 0 Å². The second-order valence-electron chi connectivity index (χ2n) is 2.40. The summed E-state index contributed by atoms with van der Waals surface area (Å²) in [6.45, 7) is 0. The number of nitriles is 1. The molecule has 0 aliphatic heterocycles. The van der Waals surface area contributed by atoms with E-state index in [0.29, 0.717) is 10.9 Å². The van der Waals surface area contributed by atoms with Crippen LogP contribution in [-0.4, -0.2) is 0 Å². The van der Waals surface area contributed by atoms with Gasteiger partial charge in [0.1, 0.15) is 5.82 Å². The van der Waals surface area contributed by atoms with Crippen molar-refractivity contribution in [2.24, 2.45) is 0 Å². The van der Waals surface area contributed by atoms with Crippen LogP contribution in [0.2, 0.25) is 0 Å². The van der Waals surface area contributed by atoms with Gasteiger partial charge in [-0.15, -0.1) is 11.3 Å². The van der Waals surface area contributed by atoms with Gasteiger partial charge < -0.3 is 0 Å². The number of hydrogen-bond donors (Lipinski definition) is 0. The van der Waals surface area contributed by atoms with Gasteiger partial charge in [-0.2, -0.15) is 5.26 Å². The predicted molar refractivity (Wildman–Crippen MR) is 46.5 cm³/mol. The van der Waals surface area contributed by atoms with Crippen LogP contribution in [0.15, 0.2) is 23.6 Å². The molecule has 2 rings (SSSR count). The Balaban J connectivity index is 2.86. The maximum Gasteiger partial charge on any atom is 0.133 e. The van der Waals surface area contributed by atoms with Gasteiger partial charge in [0, 0.05) is 10.1 Å². The van der Waals surface area contributed by atoms with Crippen LogP contribution in [0.4, 0.5) is 4.39 Å². The van der Waals surface area contributed by atoms with Crippen molar-refractivity contribution in [3.05, 3.63) is 35.0 Å². The van der Waals surface area contributed by atoms with E-state index in [9.17, 15) is 4.39 Å². The smallest absolute Gasteiger partial charge is 0.133 e. The zero-order chi connectivity index (χ0) is 8.55. The van der Waals surface area contributed by atoms with Crippen molar-refractivity contribution in [2.45, 2.75) is 0 Å². The quantitative estimate of drug-likeness (QED) is 0.607. The summed E-state index contributed by atoms with van der Waals surface area (Å²) in [5.41, 5.74) is 0.377. The normalized spacial score (nSPS) is 10.0. The van der Waals surface area contributed by atoms with Crippen molar-refractivity contribution in [1.29, 1.82) is 5.26 Å². The SMILES string of the molecule is N#Cc1cc(F)c2ccsc2c1. The van der Waals surface area contributed by atoms with Gasteiger partial charge >= 0.3 is 0 Å². The topological polar surface area (TPSA) is 23.8 Å². The Kier molecular flexibility index (Phi) is 1.56. The first-order chi connectivity index (χ1) is 5.81. The Bertz CT molecular complexity index is 467. The first-order valence-electron chi connectivity index (χ1n) is 3.38. The first kappa shape index (κ1) is 7.26. The molecule has 0 saturated heterocycles. The third-order valence-electron chi connectivity index (χ3n) is 1.65. The maximum absolute atomic E-state index is 13.1. The molecule has 0 fully saturated rings. The molecular weight excluding hydrogens is 173 g/mol. The summed E-state index contributed by atoms with van der Waals surface area (Å²) in [7, 11) is 0. The Hall–Kier alpha value is -1.40. The molecule has 0 radical (unpaired) electrons. The summed E-state index contributed by atoms with van der Waals surface area (Å²) in [5, 5.41) is 11.0. The van der Waals surface area contributed by atoms with Crippen LogP contribution in [0, 0.1) is 17.1 Å². The second-order valence-corrected chi connectivity index (χ2v) is 3.35. The fourth-order valence-electron chi connectivity index (χ4n) is 1.09. The zero-order valence-electron chi connectivity index (χ0n) is 6.04. The monoisotopic (exact) mass is 177 g/mol. The van der Waals surface area contributed by atoms with Gasteiger partial charge in [-0.3, -0.25) is 0 Å². The summed E-state index contributed by atoms with van der Waals surface area (Å²) < 4.78 is 13.9. The molecular formula is C9H4FNS. The van der Waals surface area contributed by atoms with Gasteiger partial charge in [-0.25, -0.2) is 4.39 Å². The average molecular weight is 177 g/mol. The molecule has 0 aliphatic rings. The Labute approximate surface area is 72.7 Å². The highest BCUT2D eigenvalue weighted by Crippen LogP contribution is 2.24. The lowest BCUT2D eigenvalue weighted by Crippen LogP contribution is -1.78. The second kappa shape index (κ2) is 2.58. The van der Waals surface area contributed by atoms with Gasteiger partial charge in [0.15, 0.2) is 0 Å². The van der Waals surface area contributed by atoms with Crippen LogP contribution >= 0.6 is 11.3 Å². The molecule has 0 N–H and O–H groups in total. The summed E-state index contributed by atoms with van der Waals surface area (Å²) in [6, 6.07) is 6.59. The van der Waals surface area contributed by atoms with Crippen molar-refractivity contribution in [3.8, 4) is 6.07 Å². The molecule has 0 bridgehead atoms. The zero-order valence-corrected chi connectivity index (χ0v) is 6.86. The molecule has 0 saturated carbocycles. The molecule has 0 aliphatic carbocycles. The number of benzene rings is 1. The van der Waals surface area contributed by atoms with Crippen LogP contribution in [0.3, 0.4) is 0 Å². The third-order valence-corrected chi connectivity index (χ3v) is 2.51. The van der Waals surface area contributed by atoms with Gasteiger partial charge in [0.2, 0.25) is 0 Å². The lowest BCUT2D eigenvalue weighted by atomic mass is 10.2. The Morgan fingerprint density at radius 3 is 3.00 bits per heavy atom. The van der Waals surface area contributed by atoms with Gasteiger partial charge in [-0.05, 0) is 23.6 Å². The minimum atomic E-state index is -0.315. The number of fused-ring (bicyclic) bond motifs is 1. The van der Waals surface area contributed by atoms with E-state index in [1.165, 1.54) is 17.4 Å². The number of hydrogen-bond acceptors (Lipinski definition) is 2. The maximum atomic E-state index is 13.1. The molecule has 1 nitrogen and oxygen atoms in total. The van der Waals surface area contributed by atoms with E-state index >= 15 is 0 Å². The average Bonchev–Trinajstić information content (AvgIpc) is 2.52. The van der Waals surface area contributed by atoms with E-state index < -0.39 is 0 Å². The van der Waals surface area contributed by atoms with Crippen molar-refractivity contribution < 1.29 is 4.39 Å². The van der Waals surface area contributed by atoms with Crippen LogP contribution in [0.5, 0.6) is 0 Å². The predicted octanol–water partition coefficient (Wildman–Crippen LogP) is 2.91. The summed E-state index contributed by atoms with van der Waals surface area (Å²) >= 11 is 1.44. The Morgan fingerprint density at radius 2 is 2.25 bits per heavy atom. The molecule has 58 valence electrons. The number of nitrogens with zero attached hydrogens (tertiary/aromatic N) is 1. The first-order valence-corrected chi connectivity index (χ1v) is 4.26. The van der Waals surface area contributed by atoms with E-state index in [4.69, 9.17) is 5.26 Å². The van der Waals surface area contributed by atoms with Crippen molar-refractivity contribution in [2.75, 3.05) is 0 Å². The highest BCUT2D eigenvalue weighted by Gasteiger charge is 2.03. The van der Waals surface area contributed by atoms with E-state index in [1.807, 2.05) is 11.4 Å². The standard InChI is InChI=1S/C9H4FNS/c10-8-3-6(5-11)4-9-7(8)1-2-12-9/h1-4H. The van der Waals surface area contributed by atoms with Gasteiger partial charge in [-0.1, -0.05) is 0 Å². The minimum absolute atomic E-state index is 0.315. The highest BCUT2D eigenvalue weighted by molar-refractivity contribution is 7.17. The molecule has 2 aromatic rings. The van der Waals surface area contributed by atoms with Gasteiger partial charge in [0.05, 0.1) is 11.6 Å². The Morgan fingerprint density at radius 1 is 1.42 bits per heavy atom. The summed E-state index contributed by atoms with van der Waals surface area (Å²) in [6.07, 6.45) is 0. The molecule has 1 heterocycles. The summed E-state index contributed by atoms with van der Waals surface area (Å²) in [4.78, 5) is 0. The molecule has 0 amide bonds. The molecule has 0 atom stereocenters. The van der Waals surface area contributed by atoms with Crippen LogP contribution in [-0.2, 0) is 0 Å². The number of rotatable bonds is 0. The highest BCUT2D eigenvalue weighted by atomic mass is 32.1.